The Morgan fingerprint density at radius 2 is 1.51 bits per heavy atom. The number of aliphatic imine (C=N–C) groups is 1. The minimum atomic E-state index is -3.81. The summed E-state index contributed by atoms with van der Waals surface area (Å²) < 4.78 is 31.4. The summed E-state index contributed by atoms with van der Waals surface area (Å²) in [4.78, 5) is 17.9. The van der Waals surface area contributed by atoms with Crippen molar-refractivity contribution in [2.45, 2.75) is 18.7 Å². The van der Waals surface area contributed by atoms with Gasteiger partial charge in [-0.05, 0) is 44.2 Å². The molecule has 0 saturated heterocycles. The van der Waals surface area contributed by atoms with Gasteiger partial charge in [0.15, 0.2) is 5.69 Å². The molecule has 0 amide bonds. The first-order valence-electron chi connectivity index (χ1n) is 11.1. The molecule has 176 valence electrons. The van der Waals surface area contributed by atoms with Crippen molar-refractivity contribution < 1.29 is 8.42 Å². The van der Waals surface area contributed by atoms with Crippen molar-refractivity contribution >= 4 is 32.8 Å². The highest BCUT2D eigenvalue weighted by Crippen LogP contribution is 2.26. The van der Waals surface area contributed by atoms with E-state index in [1.165, 1.54) is 3.97 Å². The molecule has 0 N–H and O–H groups in total. The monoisotopic (exact) mass is 484 g/mol. The van der Waals surface area contributed by atoms with Crippen molar-refractivity contribution in [3.05, 3.63) is 112 Å². The SMILES string of the molecule is Cc1ccc(S(=O)(=O)n2cc(C=Nc3c(C)n(C)n(-c4ccccc4)c3=O)c3ccccc32)cc1. The summed E-state index contributed by atoms with van der Waals surface area (Å²) in [5, 5.41) is 0.726. The Morgan fingerprint density at radius 1 is 0.857 bits per heavy atom. The fourth-order valence-electron chi connectivity index (χ4n) is 4.14. The van der Waals surface area contributed by atoms with Crippen molar-refractivity contribution in [1.82, 2.24) is 13.3 Å². The van der Waals surface area contributed by atoms with Gasteiger partial charge in [0.2, 0.25) is 0 Å². The first-order chi connectivity index (χ1) is 16.8. The molecule has 0 radical (unpaired) electrons. The number of para-hydroxylation sites is 2. The fraction of sp³-hybridized carbons (Fsp3) is 0.111. The van der Waals surface area contributed by atoms with Gasteiger partial charge in [-0.25, -0.2) is 22.1 Å². The van der Waals surface area contributed by atoms with Gasteiger partial charge in [-0.1, -0.05) is 54.1 Å². The van der Waals surface area contributed by atoms with Gasteiger partial charge in [0.1, 0.15) is 0 Å². The van der Waals surface area contributed by atoms with Gasteiger partial charge in [-0.3, -0.25) is 9.48 Å². The summed E-state index contributed by atoms with van der Waals surface area (Å²) in [6.07, 6.45) is 3.11. The van der Waals surface area contributed by atoms with Gasteiger partial charge in [-0.2, -0.15) is 0 Å². The van der Waals surface area contributed by atoms with E-state index in [-0.39, 0.29) is 10.5 Å². The molecule has 7 nitrogen and oxygen atoms in total. The summed E-state index contributed by atoms with van der Waals surface area (Å²) in [5.74, 6) is 0. The lowest BCUT2D eigenvalue weighted by molar-refractivity contribution is 0.589. The zero-order valence-electron chi connectivity index (χ0n) is 19.6. The van der Waals surface area contributed by atoms with E-state index < -0.39 is 10.0 Å². The minimum Gasteiger partial charge on any atom is -0.283 e. The van der Waals surface area contributed by atoms with Crippen LogP contribution in [0.4, 0.5) is 5.69 Å². The summed E-state index contributed by atoms with van der Waals surface area (Å²) in [5.41, 5.74) is 3.62. The highest BCUT2D eigenvalue weighted by atomic mass is 32.2. The van der Waals surface area contributed by atoms with Crippen LogP contribution in [0.1, 0.15) is 16.8 Å². The average molecular weight is 485 g/mol. The molecule has 0 saturated carbocycles. The zero-order chi connectivity index (χ0) is 24.7. The standard InChI is InChI=1S/C27H24N4O3S/c1-19-13-15-23(16-14-19)35(33,34)30-18-21(24-11-7-8-12-25(24)30)17-28-26-20(2)29(3)31(27(26)32)22-9-5-4-6-10-22/h4-18H,1-3H3. The maximum Gasteiger partial charge on any atom is 0.297 e. The Bertz CT molecular complexity index is 1740. The Morgan fingerprint density at radius 3 is 2.23 bits per heavy atom. The van der Waals surface area contributed by atoms with Gasteiger partial charge in [0.25, 0.3) is 15.6 Å². The summed E-state index contributed by atoms with van der Waals surface area (Å²) in [7, 11) is -2.01. The van der Waals surface area contributed by atoms with Crippen molar-refractivity contribution in [2.75, 3.05) is 0 Å². The molecule has 5 aromatic rings. The molecule has 0 bridgehead atoms. The first-order valence-corrected chi connectivity index (χ1v) is 12.5. The zero-order valence-corrected chi connectivity index (χ0v) is 20.4. The predicted octanol–water partition coefficient (Wildman–Crippen LogP) is 4.74. The Balaban J connectivity index is 1.62. The summed E-state index contributed by atoms with van der Waals surface area (Å²) in [6, 6.07) is 23.4. The minimum absolute atomic E-state index is 0.206. The van der Waals surface area contributed by atoms with Gasteiger partial charge < -0.3 is 0 Å². The quantitative estimate of drug-likeness (QED) is 0.338. The molecule has 0 fully saturated rings. The third-order valence-corrected chi connectivity index (χ3v) is 7.83. The summed E-state index contributed by atoms with van der Waals surface area (Å²) >= 11 is 0. The molecule has 0 aliphatic rings. The maximum absolute atomic E-state index is 13.4. The maximum atomic E-state index is 13.4. The number of aromatic nitrogens is 3. The second-order valence-corrected chi connectivity index (χ2v) is 10.2. The Labute approximate surface area is 203 Å². The molecule has 0 aliphatic heterocycles. The second-order valence-electron chi connectivity index (χ2n) is 8.38. The van der Waals surface area contributed by atoms with Crippen LogP contribution in [-0.2, 0) is 17.1 Å². The van der Waals surface area contributed by atoms with Crippen molar-refractivity contribution in [1.29, 1.82) is 0 Å². The number of hydrogen-bond acceptors (Lipinski definition) is 4. The van der Waals surface area contributed by atoms with E-state index in [1.807, 2.05) is 63.4 Å². The molecule has 0 spiro atoms. The highest BCUT2D eigenvalue weighted by molar-refractivity contribution is 7.90. The molecule has 0 unspecified atom stereocenters. The van der Waals surface area contributed by atoms with Crippen LogP contribution in [0, 0.1) is 13.8 Å². The highest BCUT2D eigenvalue weighted by Gasteiger charge is 2.21. The van der Waals surface area contributed by atoms with Crippen LogP contribution >= 0.6 is 0 Å². The lowest BCUT2D eigenvalue weighted by Gasteiger charge is -2.07. The van der Waals surface area contributed by atoms with Crippen molar-refractivity contribution in [3.8, 4) is 5.69 Å². The molecule has 3 aromatic carbocycles. The van der Waals surface area contributed by atoms with E-state index in [4.69, 9.17) is 0 Å². The van der Waals surface area contributed by atoms with E-state index in [0.717, 1.165) is 16.6 Å². The molecule has 35 heavy (non-hydrogen) atoms. The van der Waals surface area contributed by atoms with Crippen LogP contribution in [0.25, 0.3) is 16.6 Å². The number of aryl methyl sites for hydroxylation is 1. The van der Waals surface area contributed by atoms with Crippen LogP contribution in [0.2, 0.25) is 0 Å². The molecular weight excluding hydrogens is 460 g/mol. The Kier molecular flexibility index (Phi) is 5.53. The largest absolute Gasteiger partial charge is 0.297 e. The number of benzene rings is 3. The van der Waals surface area contributed by atoms with Gasteiger partial charge in [0, 0.05) is 30.4 Å². The molecule has 0 atom stereocenters. The van der Waals surface area contributed by atoms with E-state index in [2.05, 4.69) is 4.99 Å². The van der Waals surface area contributed by atoms with Crippen LogP contribution in [0.15, 0.2) is 99.7 Å². The summed E-state index contributed by atoms with van der Waals surface area (Å²) in [6.45, 7) is 3.74. The molecule has 8 heteroatoms. The molecule has 0 aliphatic carbocycles. The van der Waals surface area contributed by atoms with E-state index >= 15 is 0 Å². The van der Waals surface area contributed by atoms with Crippen LogP contribution in [0.3, 0.4) is 0 Å². The number of nitrogens with zero attached hydrogens (tertiary/aromatic N) is 4. The predicted molar refractivity (Wildman–Crippen MR) is 139 cm³/mol. The molecule has 2 heterocycles. The number of fused-ring (bicyclic) bond motifs is 1. The fourth-order valence-corrected chi connectivity index (χ4v) is 5.52. The van der Waals surface area contributed by atoms with E-state index in [1.54, 1.807) is 58.2 Å². The van der Waals surface area contributed by atoms with Crippen LogP contribution in [0.5, 0.6) is 0 Å². The van der Waals surface area contributed by atoms with Gasteiger partial charge >= 0.3 is 0 Å². The first kappa shape index (κ1) is 22.6. The molecule has 2 aromatic heterocycles. The third kappa shape index (κ3) is 3.81. The molecule has 5 rings (SSSR count). The van der Waals surface area contributed by atoms with E-state index in [9.17, 15) is 13.2 Å². The smallest absolute Gasteiger partial charge is 0.283 e. The molecular formula is C27H24N4O3S. The lowest BCUT2D eigenvalue weighted by Crippen LogP contribution is -2.19. The number of hydrogen-bond donors (Lipinski definition) is 0. The van der Waals surface area contributed by atoms with Gasteiger partial charge in [-0.15, -0.1) is 0 Å². The third-order valence-electron chi connectivity index (χ3n) is 6.14. The van der Waals surface area contributed by atoms with Crippen LogP contribution < -0.4 is 5.56 Å². The van der Waals surface area contributed by atoms with Crippen molar-refractivity contribution in [3.63, 3.8) is 0 Å². The van der Waals surface area contributed by atoms with Gasteiger partial charge in [0.05, 0.1) is 21.8 Å². The normalized spacial score (nSPS) is 12.1. The van der Waals surface area contributed by atoms with E-state index in [0.29, 0.717) is 22.5 Å². The average Bonchev–Trinajstić information content (AvgIpc) is 3.34. The topological polar surface area (TPSA) is 78.4 Å². The Hall–Kier alpha value is -4.17. The second kappa shape index (κ2) is 8.56. The van der Waals surface area contributed by atoms with Crippen LogP contribution in [-0.4, -0.2) is 28.0 Å². The van der Waals surface area contributed by atoms with Crippen molar-refractivity contribution in [2.24, 2.45) is 12.0 Å². The number of rotatable bonds is 5. The lowest BCUT2D eigenvalue weighted by atomic mass is 10.2.